The molecule has 0 amide bonds. The van der Waals surface area contributed by atoms with E-state index in [1.54, 1.807) is 13.0 Å². The number of hydrogen-bond donors (Lipinski definition) is 1. The second-order valence-electron chi connectivity index (χ2n) is 4.39. The second kappa shape index (κ2) is 4.79. The molecule has 3 heterocycles. The van der Waals surface area contributed by atoms with Gasteiger partial charge in [0.25, 0.3) is 5.56 Å². The van der Waals surface area contributed by atoms with Gasteiger partial charge in [-0.1, -0.05) is 11.6 Å². The molecule has 2 aromatic heterocycles. The van der Waals surface area contributed by atoms with E-state index >= 15 is 0 Å². The molecule has 0 saturated carbocycles. The molecule has 1 atom stereocenters. The molecule has 0 aliphatic carbocycles. The topological polar surface area (TPSA) is 77.1 Å². The zero-order valence-electron chi connectivity index (χ0n) is 10.3. The van der Waals surface area contributed by atoms with Gasteiger partial charge in [-0.25, -0.2) is 9.97 Å². The smallest absolute Gasteiger partial charge is 0.291 e. The van der Waals surface area contributed by atoms with Crippen molar-refractivity contribution in [3.63, 3.8) is 0 Å². The molecule has 6 nitrogen and oxygen atoms in total. The molecule has 0 bridgehead atoms. The van der Waals surface area contributed by atoms with Gasteiger partial charge in [0.1, 0.15) is 22.7 Å². The van der Waals surface area contributed by atoms with Gasteiger partial charge in [0, 0.05) is 6.42 Å². The quantitative estimate of drug-likeness (QED) is 0.843. The summed E-state index contributed by atoms with van der Waals surface area (Å²) in [5.41, 5.74) is 0.0890. The van der Waals surface area contributed by atoms with E-state index in [-0.39, 0.29) is 17.4 Å². The number of H-pyrrole nitrogens is 1. The van der Waals surface area contributed by atoms with Crippen molar-refractivity contribution < 1.29 is 9.47 Å². The van der Waals surface area contributed by atoms with E-state index in [0.717, 1.165) is 6.42 Å². The first kappa shape index (κ1) is 12.4. The van der Waals surface area contributed by atoms with Crippen LogP contribution in [-0.4, -0.2) is 34.3 Å². The zero-order valence-corrected chi connectivity index (χ0v) is 11.0. The van der Waals surface area contributed by atoms with Crippen molar-refractivity contribution in [3.05, 3.63) is 27.4 Å². The lowest BCUT2D eigenvalue weighted by Crippen LogP contribution is -2.21. The fourth-order valence-electron chi connectivity index (χ4n) is 2.01. The Morgan fingerprint density at radius 3 is 3.11 bits per heavy atom. The Labute approximate surface area is 113 Å². The fraction of sp³-hybridized carbons (Fsp3) is 0.417. The first-order valence-electron chi connectivity index (χ1n) is 5.95. The van der Waals surface area contributed by atoms with Crippen LogP contribution in [0.5, 0.6) is 5.75 Å². The molecule has 0 aromatic carbocycles. The normalized spacial score (nSPS) is 18.9. The summed E-state index contributed by atoms with van der Waals surface area (Å²) in [7, 11) is 0. The Morgan fingerprint density at radius 1 is 1.53 bits per heavy atom. The molecule has 1 N–H and O–H groups in total. The third-order valence-electron chi connectivity index (χ3n) is 2.92. The van der Waals surface area contributed by atoms with Crippen LogP contribution >= 0.6 is 11.6 Å². The number of ether oxygens (including phenoxy) is 2. The minimum atomic E-state index is -0.325. The van der Waals surface area contributed by atoms with E-state index in [1.165, 1.54) is 0 Å². The highest BCUT2D eigenvalue weighted by Gasteiger charge is 2.19. The van der Waals surface area contributed by atoms with E-state index in [0.29, 0.717) is 35.2 Å². The minimum absolute atomic E-state index is 0.0938. The fourth-order valence-corrected chi connectivity index (χ4v) is 2.28. The SMILES string of the molecule is Cc1nc(Cl)c2cc(OC3CCOC3)c(=O)[nH]c2n1. The Morgan fingerprint density at radius 2 is 2.37 bits per heavy atom. The number of hydrogen-bond acceptors (Lipinski definition) is 5. The highest BCUT2D eigenvalue weighted by Crippen LogP contribution is 2.22. The number of aromatic amines is 1. The largest absolute Gasteiger partial charge is 0.482 e. The molecular weight excluding hydrogens is 270 g/mol. The lowest BCUT2D eigenvalue weighted by Gasteiger charge is -2.11. The highest BCUT2D eigenvalue weighted by atomic mass is 35.5. The molecule has 3 rings (SSSR count). The Balaban J connectivity index is 2.05. The summed E-state index contributed by atoms with van der Waals surface area (Å²) < 4.78 is 10.8. The Hall–Kier alpha value is -1.66. The summed E-state index contributed by atoms with van der Waals surface area (Å²) in [6, 6.07) is 1.58. The maximum atomic E-state index is 11.9. The number of rotatable bonds is 2. The third kappa shape index (κ3) is 2.41. The van der Waals surface area contributed by atoms with Crippen molar-refractivity contribution in [3.8, 4) is 5.75 Å². The van der Waals surface area contributed by atoms with Gasteiger partial charge in [0.05, 0.1) is 18.6 Å². The summed E-state index contributed by atoms with van der Waals surface area (Å²) in [5.74, 6) is 0.725. The molecule has 0 spiro atoms. The van der Waals surface area contributed by atoms with Crippen LogP contribution in [-0.2, 0) is 4.74 Å². The van der Waals surface area contributed by atoms with Crippen LogP contribution in [0.25, 0.3) is 11.0 Å². The van der Waals surface area contributed by atoms with Gasteiger partial charge < -0.3 is 14.5 Å². The first-order chi connectivity index (χ1) is 9.13. The maximum Gasteiger partial charge on any atom is 0.291 e. The molecule has 7 heteroatoms. The monoisotopic (exact) mass is 281 g/mol. The lowest BCUT2D eigenvalue weighted by atomic mass is 10.3. The third-order valence-corrected chi connectivity index (χ3v) is 3.21. The summed E-state index contributed by atoms with van der Waals surface area (Å²) in [5, 5.41) is 0.868. The molecule has 100 valence electrons. The van der Waals surface area contributed by atoms with Gasteiger partial charge in [0.15, 0.2) is 5.75 Å². The predicted octanol–water partition coefficient (Wildman–Crippen LogP) is 1.45. The summed E-state index contributed by atoms with van der Waals surface area (Å²) >= 11 is 6.05. The molecule has 0 radical (unpaired) electrons. The van der Waals surface area contributed by atoms with Crippen LogP contribution < -0.4 is 10.3 Å². The van der Waals surface area contributed by atoms with Gasteiger partial charge in [-0.15, -0.1) is 0 Å². The number of fused-ring (bicyclic) bond motifs is 1. The highest BCUT2D eigenvalue weighted by molar-refractivity contribution is 6.33. The van der Waals surface area contributed by atoms with Crippen LogP contribution in [0, 0.1) is 6.92 Å². The van der Waals surface area contributed by atoms with Gasteiger partial charge in [-0.05, 0) is 13.0 Å². The number of nitrogens with zero attached hydrogens (tertiary/aromatic N) is 2. The standard InChI is InChI=1S/C12H12ClN3O3/c1-6-14-10(13)8-4-9(12(17)16-11(8)15-6)19-7-2-3-18-5-7/h4,7H,2-3,5H2,1H3,(H,14,15,16,17). The van der Waals surface area contributed by atoms with E-state index in [4.69, 9.17) is 21.1 Å². The number of nitrogens with one attached hydrogen (secondary N) is 1. The predicted molar refractivity (Wildman–Crippen MR) is 69.8 cm³/mol. The van der Waals surface area contributed by atoms with Gasteiger partial charge in [0.2, 0.25) is 0 Å². The maximum absolute atomic E-state index is 11.9. The van der Waals surface area contributed by atoms with Crippen LogP contribution in [0.3, 0.4) is 0 Å². The van der Waals surface area contributed by atoms with Crippen LogP contribution in [0.2, 0.25) is 5.15 Å². The molecule has 1 fully saturated rings. The average molecular weight is 282 g/mol. The van der Waals surface area contributed by atoms with Crippen molar-refractivity contribution in [2.45, 2.75) is 19.4 Å². The van der Waals surface area contributed by atoms with Crippen molar-refractivity contribution in [1.29, 1.82) is 0 Å². The van der Waals surface area contributed by atoms with Gasteiger partial charge in [-0.3, -0.25) is 4.79 Å². The summed E-state index contributed by atoms with van der Waals surface area (Å²) in [6.45, 7) is 2.86. The minimum Gasteiger partial charge on any atom is -0.482 e. The van der Waals surface area contributed by atoms with Crippen molar-refractivity contribution in [1.82, 2.24) is 15.0 Å². The van der Waals surface area contributed by atoms with Gasteiger partial charge in [-0.2, -0.15) is 0 Å². The molecule has 1 aliphatic heterocycles. The zero-order chi connectivity index (χ0) is 13.4. The Kier molecular flexibility index (Phi) is 3.12. The molecular formula is C12H12ClN3O3. The average Bonchev–Trinajstić information content (AvgIpc) is 2.83. The number of pyridine rings is 1. The first-order valence-corrected chi connectivity index (χ1v) is 6.33. The lowest BCUT2D eigenvalue weighted by molar-refractivity contribution is 0.140. The molecule has 1 unspecified atom stereocenters. The van der Waals surface area contributed by atoms with Crippen molar-refractivity contribution >= 4 is 22.6 Å². The van der Waals surface area contributed by atoms with E-state index in [9.17, 15) is 4.79 Å². The Bertz CT molecular complexity index is 680. The van der Waals surface area contributed by atoms with Crippen LogP contribution in [0.15, 0.2) is 10.9 Å². The van der Waals surface area contributed by atoms with Crippen LogP contribution in [0.4, 0.5) is 0 Å². The summed E-state index contributed by atoms with van der Waals surface area (Å²) in [6.07, 6.45) is 0.680. The number of aromatic nitrogens is 3. The number of halogens is 1. The van der Waals surface area contributed by atoms with Crippen molar-refractivity contribution in [2.75, 3.05) is 13.2 Å². The van der Waals surface area contributed by atoms with Crippen molar-refractivity contribution in [2.24, 2.45) is 0 Å². The molecule has 1 aliphatic rings. The molecule has 2 aromatic rings. The number of aryl methyl sites for hydroxylation is 1. The van der Waals surface area contributed by atoms with E-state index < -0.39 is 0 Å². The summed E-state index contributed by atoms with van der Waals surface area (Å²) in [4.78, 5) is 22.8. The van der Waals surface area contributed by atoms with E-state index in [1.807, 2.05) is 0 Å². The molecule has 19 heavy (non-hydrogen) atoms. The second-order valence-corrected chi connectivity index (χ2v) is 4.75. The van der Waals surface area contributed by atoms with Crippen LogP contribution in [0.1, 0.15) is 12.2 Å². The van der Waals surface area contributed by atoms with E-state index in [2.05, 4.69) is 15.0 Å². The molecule has 1 saturated heterocycles. The van der Waals surface area contributed by atoms with Gasteiger partial charge >= 0.3 is 0 Å².